The quantitative estimate of drug-likeness (QED) is 0.444. The Balaban J connectivity index is 1.80. The Morgan fingerprint density at radius 1 is 1.15 bits per heavy atom. The van der Waals surface area contributed by atoms with Crippen LogP contribution in [0.2, 0.25) is 0 Å². The largest absolute Gasteiger partial charge is 0.464 e. The van der Waals surface area contributed by atoms with Gasteiger partial charge in [-0.15, -0.1) is 0 Å². The molecule has 8 heteroatoms. The molecule has 0 fully saturated rings. The van der Waals surface area contributed by atoms with E-state index >= 15 is 0 Å². The highest BCUT2D eigenvalue weighted by Gasteiger charge is 2.26. The van der Waals surface area contributed by atoms with E-state index in [1.54, 1.807) is 24.5 Å². The van der Waals surface area contributed by atoms with Crippen LogP contribution in [0.5, 0.6) is 0 Å². The molecular weight excluding hydrogens is 438 g/mol. The molecule has 0 aliphatic rings. The van der Waals surface area contributed by atoms with E-state index in [4.69, 9.17) is 10.2 Å². The molecule has 1 heterocycles. The van der Waals surface area contributed by atoms with E-state index in [0.717, 1.165) is 11.1 Å². The molecule has 33 heavy (non-hydrogen) atoms. The van der Waals surface area contributed by atoms with Gasteiger partial charge in [-0.05, 0) is 42.5 Å². The van der Waals surface area contributed by atoms with Crippen molar-refractivity contribution in [3.8, 4) is 0 Å². The summed E-state index contributed by atoms with van der Waals surface area (Å²) in [5.41, 5.74) is 8.79. The number of nitrogens with one attached hydrogen (secondary N) is 1. The summed E-state index contributed by atoms with van der Waals surface area (Å²) >= 11 is 0. The zero-order valence-corrected chi connectivity index (χ0v) is 20.3. The first kappa shape index (κ1) is 25.0. The van der Waals surface area contributed by atoms with Crippen molar-refractivity contribution in [2.24, 2.45) is 11.7 Å². The smallest absolute Gasteiger partial charge is 0.243 e. The highest BCUT2D eigenvalue weighted by Crippen LogP contribution is 2.27. The summed E-state index contributed by atoms with van der Waals surface area (Å²) in [7, 11) is -3.73. The van der Waals surface area contributed by atoms with Crippen molar-refractivity contribution in [1.82, 2.24) is 9.62 Å². The third kappa shape index (κ3) is 6.66. The maximum absolute atomic E-state index is 13.6. The zero-order valence-electron chi connectivity index (χ0n) is 19.5. The Morgan fingerprint density at radius 3 is 2.55 bits per heavy atom. The molecule has 0 aliphatic carbocycles. The number of hydrogen-bond acceptors (Lipinski definition) is 5. The van der Waals surface area contributed by atoms with Crippen LogP contribution in [0.15, 0.2) is 64.1 Å². The number of fused-ring (bicyclic) bond motifs is 1. The molecule has 1 unspecified atom stereocenters. The van der Waals surface area contributed by atoms with Crippen LogP contribution in [-0.4, -0.2) is 37.8 Å². The van der Waals surface area contributed by atoms with Crippen LogP contribution < -0.4 is 11.1 Å². The molecule has 1 atom stereocenters. The van der Waals surface area contributed by atoms with Crippen molar-refractivity contribution in [1.29, 1.82) is 0 Å². The first-order valence-corrected chi connectivity index (χ1v) is 12.6. The molecule has 0 spiro atoms. The summed E-state index contributed by atoms with van der Waals surface area (Å²) in [5, 5.41) is 3.40. The van der Waals surface area contributed by atoms with Crippen molar-refractivity contribution in [3.63, 3.8) is 0 Å². The lowest BCUT2D eigenvalue weighted by Gasteiger charge is -2.25. The average molecular weight is 472 g/mol. The normalized spacial score (nSPS) is 13.0. The minimum Gasteiger partial charge on any atom is -0.464 e. The summed E-state index contributed by atoms with van der Waals surface area (Å²) in [5.74, 6) is 0.00110. The first-order chi connectivity index (χ1) is 15.7. The first-order valence-electron chi connectivity index (χ1n) is 11.2. The van der Waals surface area contributed by atoms with E-state index < -0.39 is 10.0 Å². The minimum absolute atomic E-state index is 0.141. The summed E-state index contributed by atoms with van der Waals surface area (Å²) in [4.78, 5) is 11.5. The molecular formula is C25H33N3O4S. The van der Waals surface area contributed by atoms with Gasteiger partial charge in [0.05, 0.1) is 11.2 Å². The van der Waals surface area contributed by atoms with Gasteiger partial charge in [-0.1, -0.05) is 44.2 Å². The topological polar surface area (TPSA) is 106 Å². The van der Waals surface area contributed by atoms with Crippen LogP contribution in [0.3, 0.4) is 0 Å². The van der Waals surface area contributed by atoms with Crippen LogP contribution in [0.1, 0.15) is 38.3 Å². The third-order valence-electron chi connectivity index (χ3n) is 5.45. The van der Waals surface area contributed by atoms with E-state index in [9.17, 15) is 13.2 Å². The van der Waals surface area contributed by atoms with Crippen LogP contribution in [-0.2, 0) is 27.8 Å². The Labute approximate surface area is 196 Å². The Kier molecular flexibility index (Phi) is 8.29. The number of nitrogens with zero attached hydrogens (tertiary/aromatic N) is 1. The number of amides is 1. The summed E-state index contributed by atoms with van der Waals surface area (Å²) in [6.45, 7) is 6.45. The van der Waals surface area contributed by atoms with Gasteiger partial charge in [0.1, 0.15) is 5.58 Å². The predicted molar refractivity (Wildman–Crippen MR) is 130 cm³/mol. The number of hydrogen-bond donors (Lipinski definition) is 2. The number of rotatable bonds is 11. The predicted octanol–water partition coefficient (Wildman–Crippen LogP) is 3.68. The van der Waals surface area contributed by atoms with E-state index in [0.29, 0.717) is 36.9 Å². The van der Waals surface area contributed by atoms with E-state index in [2.05, 4.69) is 5.32 Å². The maximum Gasteiger partial charge on any atom is 0.243 e. The molecule has 0 radical (unpaired) electrons. The van der Waals surface area contributed by atoms with E-state index in [-0.39, 0.29) is 29.3 Å². The molecule has 0 aliphatic heterocycles. The fraction of sp³-hybridized carbons (Fsp3) is 0.400. The molecule has 1 aromatic heterocycles. The lowest BCUT2D eigenvalue weighted by atomic mass is 10.0. The number of sulfonamides is 1. The van der Waals surface area contributed by atoms with Crippen molar-refractivity contribution < 1.29 is 17.6 Å². The van der Waals surface area contributed by atoms with Gasteiger partial charge in [-0.2, -0.15) is 4.31 Å². The highest BCUT2D eigenvalue weighted by atomic mass is 32.2. The highest BCUT2D eigenvalue weighted by molar-refractivity contribution is 7.89. The minimum atomic E-state index is -3.73. The summed E-state index contributed by atoms with van der Waals surface area (Å²) < 4.78 is 34.2. The second-order valence-corrected chi connectivity index (χ2v) is 10.8. The molecule has 3 N–H and O–H groups in total. The maximum atomic E-state index is 13.6. The number of benzene rings is 2. The zero-order chi connectivity index (χ0) is 24.0. The Morgan fingerprint density at radius 2 is 1.88 bits per heavy atom. The van der Waals surface area contributed by atoms with Crippen LogP contribution >= 0.6 is 0 Å². The van der Waals surface area contributed by atoms with Crippen molar-refractivity contribution in [3.05, 3.63) is 65.9 Å². The lowest BCUT2D eigenvalue weighted by Crippen LogP contribution is -2.38. The fourth-order valence-corrected chi connectivity index (χ4v) is 5.42. The number of furan rings is 1. The van der Waals surface area contributed by atoms with Crippen LogP contribution in [0, 0.1) is 5.92 Å². The second-order valence-electron chi connectivity index (χ2n) is 8.82. The average Bonchev–Trinajstić information content (AvgIpc) is 3.18. The van der Waals surface area contributed by atoms with Gasteiger partial charge < -0.3 is 15.5 Å². The van der Waals surface area contributed by atoms with Gasteiger partial charge in [0.25, 0.3) is 0 Å². The van der Waals surface area contributed by atoms with Gasteiger partial charge in [0.2, 0.25) is 15.9 Å². The Hall–Kier alpha value is -2.68. The van der Waals surface area contributed by atoms with E-state index in [1.165, 1.54) is 11.2 Å². The molecule has 0 saturated heterocycles. The third-order valence-corrected chi connectivity index (χ3v) is 7.31. The molecule has 1 amide bonds. The summed E-state index contributed by atoms with van der Waals surface area (Å²) in [6, 6.07) is 14.7. The molecule has 0 bridgehead atoms. The van der Waals surface area contributed by atoms with Gasteiger partial charge in [-0.3, -0.25) is 4.79 Å². The van der Waals surface area contributed by atoms with Crippen molar-refractivity contribution in [2.45, 2.75) is 51.1 Å². The summed E-state index contributed by atoms with van der Waals surface area (Å²) in [6.07, 6.45) is 2.80. The number of carbonyl (C=O) groups excluding carboxylic acids is 1. The SMILES string of the molecule is CC(=O)NCc1coc2ccc(S(=O)(=O)N(CCC(N)Cc3ccccc3)CC(C)C)cc12. The number of nitrogens with two attached hydrogens (primary N) is 1. The van der Waals surface area contributed by atoms with Gasteiger partial charge in [-0.25, -0.2) is 8.42 Å². The second kappa shape index (κ2) is 11.0. The van der Waals surface area contributed by atoms with E-state index in [1.807, 2.05) is 44.2 Å². The van der Waals surface area contributed by atoms with Gasteiger partial charge >= 0.3 is 0 Å². The van der Waals surface area contributed by atoms with Gasteiger partial charge in [0.15, 0.2) is 0 Å². The van der Waals surface area contributed by atoms with Crippen molar-refractivity contribution >= 4 is 26.9 Å². The van der Waals surface area contributed by atoms with Crippen LogP contribution in [0.4, 0.5) is 0 Å². The molecule has 178 valence electrons. The molecule has 0 saturated carbocycles. The molecule has 2 aromatic carbocycles. The lowest BCUT2D eigenvalue weighted by molar-refractivity contribution is -0.119. The standard InChI is InChI=1S/C25H33N3O4S/c1-18(2)16-28(12-11-22(26)13-20-7-5-4-6-8-20)33(30,31)23-9-10-25-24(14-23)21(17-32-25)15-27-19(3)29/h4-10,14,17-18,22H,11-13,15-16,26H2,1-3H3,(H,27,29). The Bertz CT molecular complexity index is 1170. The van der Waals surface area contributed by atoms with Gasteiger partial charge in [0, 0.05) is 43.5 Å². The van der Waals surface area contributed by atoms with Crippen molar-refractivity contribution in [2.75, 3.05) is 13.1 Å². The molecule has 3 rings (SSSR count). The monoisotopic (exact) mass is 471 g/mol. The molecule has 3 aromatic rings. The number of carbonyl (C=O) groups is 1. The van der Waals surface area contributed by atoms with Crippen LogP contribution in [0.25, 0.3) is 11.0 Å². The molecule has 7 nitrogen and oxygen atoms in total. The fourth-order valence-electron chi connectivity index (χ4n) is 3.77.